The first kappa shape index (κ1) is 12.3. The molecule has 0 radical (unpaired) electrons. The van der Waals surface area contributed by atoms with Crippen molar-refractivity contribution >= 4 is 0 Å². The molecule has 0 fully saturated rings. The molecule has 0 heterocycles. The van der Waals surface area contributed by atoms with Crippen molar-refractivity contribution in [2.45, 2.75) is 39.0 Å². The van der Waals surface area contributed by atoms with Crippen LogP contribution in [0.5, 0.6) is 0 Å². The Morgan fingerprint density at radius 2 is 1.75 bits per heavy atom. The largest absolute Gasteiger partial charge is 0.198 e. The number of nitrogens with zero attached hydrogens (tertiary/aromatic N) is 2. The average molecular weight is 212 g/mol. The summed E-state index contributed by atoms with van der Waals surface area (Å²) in [5.74, 6) is 0. The molecule has 0 spiro atoms. The van der Waals surface area contributed by atoms with Gasteiger partial charge in [-0.3, -0.25) is 0 Å². The summed E-state index contributed by atoms with van der Waals surface area (Å²) in [5, 5.41) is 17.6. The molecule has 1 aromatic carbocycles. The standard InChI is InChI=1S/C14H16N2/c1-2-3-5-12-6-4-7-13(8-10-15)14(12)9-11-16/h4,6-7H,2-3,5,8-9H2,1H3. The maximum Gasteiger partial charge on any atom is 0.0669 e. The van der Waals surface area contributed by atoms with Crippen LogP contribution in [0, 0.1) is 22.7 Å². The minimum Gasteiger partial charge on any atom is -0.198 e. The van der Waals surface area contributed by atoms with Crippen molar-refractivity contribution < 1.29 is 0 Å². The summed E-state index contributed by atoms with van der Waals surface area (Å²) in [6, 6.07) is 10.4. The molecule has 0 amide bonds. The molecule has 0 N–H and O–H groups in total. The van der Waals surface area contributed by atoms with Gasteiger partial charge in [0.15, 0.2) is 0 Å². The lowest BCUT2D eigenvalue weighted by molar-refractivity contribution is 0.787. The van der Waals surface area contributed by atoms with Crippen molar-refractivity contribution in [2.75, 3.05) is 0 Å². The van der Waals surface area contributed by atoms with Gasteiger partial charge in [-0.25, -0.2) is 0 Å². The van der Waals surface area contributed by atoms with E-state index in [9.17, 15) is 0 Å². The Kier molecular flexibility index (Phi) is 5.09. The maximum atomic E-state index is 8.83. The number of unbranched alkanes of at least 4 members (excludes halogenated alkanes) is 1. The van der Waals surface area contributed by atoms with Gasteiger partial charge in [-0.2, -0.15) is 10.5 Å². The summed E-state index contributed by atoms with van der Waals surface area (Å²) in [5.41, 5.74) is 3.31. The lowest BCUT2D eigenvalue weighted by Gasteiger charge is -2.10. The number of hydrogen-bond acceptors (Lipinski definition) is 2. The van der Waals surface area contributed by atoms with Crippen molar-refractivity contribution in [3.63, 3.8) is 0 Å². The normalized spacial score (nSPS) is 9.44. The van der Waals surface area contributed by atoms with Crippen LogP contribution in [0.4, 0.5) is 0 Å². The van der Waals surface area contributed by atoms with Gasteiger partial charge >= 0.3 is 0 Å². The van der Waals surface area contributed by atoms with E-state index in [-0.39, 0.29) is 0 Å². The lowest BCUT2D eigenvalue weighted by atomic mass is 9.94. The van der Waals surface area contributed by atoms with Crippen molar-refractivity contribution in [3.05, 3.63) is 34.9 Å². The third-order valence-electron chi connectivity index (χ3n) is 2.70. The number of aryl methyl sites for hydroxylation is 1. The highest BCUT2D eigenvalue weighted by atomic mass is 14.3. The van der Waals surface area contributed by atoms with Gasteiger partial charge in [0.05, 0.1) is 25.0 Å². The Balaban J connectivity index is 3.02. The van der Waals surface area contributed by atoms with Crippen LogP contribution in [0.25, 0.3) is 0 Å². The molecular formula is C14H16N2. The van der Waals surface area contributed by atoms with Gasteiger partial charge in [0.2, 0.25) is 0 Å². The van der Waals surface area contributed by atoms with Gasteiger partial charge in [0.1, 0.15) is 0 Å². The fraction of sp³-hybridized carbons (Fsp3) is 0.429. The predicted octanol–water partition coefficient (Wildman–Crippen LogP) is 3.16. The summed E-state index contributed by atoms with van der Waals surface area (Å²) in [4.78, 5) is 0. The zero-order valence-corrected chi connectivity index (χ0v) is 9.66. The van der Waals surface area contributed by atoms with Crippen molar-refractivity contribution in [1.82, 2.24) is 0 Å². The molecule has 1 rings (SSSR count). The summed E-state index contributed by atoms with van der Waals surface area (Å²) >= 11 is 0. The van der Waals surface area contributed by atoms with Gasteiger partial charge < -0.3 is 0 Å². The van der Waals surface area contributed by atoms with E-state index >= 15 is 0 Å². The third kappa shape index (κ3) is 3.11. The molecule has 82 valence electrons. The number of benzene rings is 1. The van der Waals surface area contributed by atoms with Gasteiger partial charge in [-0.15, -0.1) is 0 Å². The number of rotatable bonds is 5. The Morgan fingerprint density at radius 3 is 2.38 bits per heavy atom. The summed E-state index contributed by atoms with van der Waals surface area (Å²) < 4.78 is 0. The van der Waals surface area contributed by atoms with Crippen LogP contribution in [0.3, 0.4) is 0 Å². The first-order valence-electron chi connectivity index (χ1n) is 5.67. The molecule has 0 aliphatic heterocycles. The number of hydrogen-bond donors (Lipinski definition) is 0. The molecule has 2 heteroatoms. The molecule has 1 aromatic rings. The summed E-state index contributed by atoms with van der Waals surface area (Å²) in [6.07, 6.45) is 4.10. The zero-order valence-electron chi connectivity index (χ0n) is 9.66. The molecule has 0 aliphatic rings. The van der Waals surface area contributed by atoms with E-state index in [0.29, 0.717) is 12.8 Å². The second-order valence-electron chi connectivity index (χ2n) is 3.83. The Bertz CT molecular complexity index is 421. The van der Waals surface area contributed by atoms with E-state index < -0.39 is 0 Å². The highest BCUT2D eigenvalue weighted by Gasteiger charge is 2.07. The number of nitriles is 2. The second-order valence-corrected chi connectivity index (χ2v) is 3.83. The molecule has 0 saturated carbocycles. The summed E-state index contributed by atoms with van der Waals surface area (Å²) in [7, 11) is 0. The van der Waals surface area contributed by atoms with Crippen molar-refractivity contribution in [3.8, 4) is 12.1 Å². The molecule has 0 saturated heterocycles. The van der Waals surface area contributed by atoms with E-state index in [1.54, 1.807) is 0 Å². The van der Waals surface area contributed by atoms with Gasteiger partial charge in [0, 0.05) is 0 Å². The third-order valence-corrected chi connectivity index (χ3v) is 2.70. The van der Waals surface area contributed by atoms with Crippen LogP contribution >= 0.6 is 0 Å². The smallest absolute Gasteiger partial charge is 0.0669 e. The van der Waals surface area contributed by atoms with Crippen LogP contribution in [-0.2, 0) is 19.3 Å². The van der Waals surface area contributed by atoms with Crippen LogP contribution < -0.4 is 0 Å². The van der Waals surface area contributed by atoms with E-state index in [2.05, 4.69) is 25.1 Å². The molecule has 0 bridgehead atoms. The van der Waals surface area contributed by atoms with Crippen LogP contribution in [0.2, 0.25) is 0 Å². The molecule has 0 atom stereocenters. The Labute approximate surface area is 97.1 Å². The van der Waals surface area contributed by atoms with Crippen LogP contribution in [0.1, 0.15) is 36.5 Å². The predicted molar refractivity (Wildman–Crippen MR) is 63.7 cm³/mol. The van der Waals surface area contributed by atoms with Gasteiger partial charge in [0.25, 0.3) is 0 Å². The van der Waals surface area contributed by atoms with Crippen molar-refractivity contribution in [2.24, 2.45) is 0 Å². The van der Waals surface area contributed by atoms with Crippen LogP contribution in [-0.4, -0.2) is 0 Å². The first-order valence-corrected chi connectivity index (χ1v) is 5.67. The Hall–Kier alpha value is -1.80. The zero-order chi connectivity index (χ0) is 11.8. The molecule has 2 nitrogen and oxygen atoms in total. The minimum absolute atomic E-state index is 0.400. The minimum atomic E-state index is 0.400. The molecule has 0 aromatic heterocycles. The van der Waals surface area contributed by atoms with Crippen LogP contribution in [0.15, 0.2) is 18.2 Å². The topological polar surface area (TPSA) is 47.6 Å². The quantitative estimate of drug-likeness (QED) is 0.752. The average Bonchev–Trinajstić information content (AvgIpc) is 2.30. The fourth-order valence-electron chi connectivity index (χ4n) is 1.85. The van der Waals surface area contributed by atoms with E-state index in [0.717, 1.165) is 30.4 Å². The fourth-order valence-corrected chi connectivity index (χ4v) is 1.85. The highest BCUT2D eigenvalue weighted by Crippen LogP contribution is 2.18. The second kappa shape index (κ2) is 6.64. The monoisotopic (exact) mass is 212 g/mol. The molecule has 0 unspecified atom stereocenters. The lowest BCUT2D eigenvalue weighted by Crippen LogP contribution is -1.99. The molecule has 0 aliphatic carbocycles. The Morgan fingerprint density at radius 1 is 1.06 bits per heavy atom. The summed E-state index contributed by atoms with van der Waals surface area (Å²) in [6.45, 7) is 2.16. The SMILES string of the molecule is CCCCc1cccc(CC#N)c1CC#N. The highest BCUT2D eigenvalue weighted by molar-refractivity contribution is 5.38. The molecule has 16 heavy (non-hydrogen) atoms. The van der Waals surface area contributed by atoms with E-state index in [4.69, 9.17) is 10.5 Å². The van der Waals surface area contributed by atoms with Gasteiger partial charge in [-0.1, -0.05) is 31.5 Å². The van der Waals surface area contributed by atoms with Gasteiger partial charge in [-0.05, 0) is 29.5 Å². The maximum absolute atomic E-state index is 8.83. The van der Waals surface area contributed by atoms with Crippen molar-refractivity contribution in [1.29, 1.82) is 10.5 Å². The van der Waals surface area contributed by atoms with E-state index in [1.807, 2.05) is 12.1 Å². The first-order chi connectivity index (χ1) is 7.83. The van der Waals surface area contributed by atoms with E-state index in [1.165, 1.54) is 5.56 Å². The molecular weight excluding hydrogens is 196 g/mol.